The minimum absolute atomic E-state index is 0.0401. The molecule has 1 amide bonds. The highest BCUT2D eigenvalue weighted by molar-refractivity contribution is 5.86. The summed E-state index contributed by atoms with van der Waals surface area (Å²) in [5.74, 6) is -0.281. The summed E-state index contributed by atoms with van der Waals surface area (Å²) in [7, 11) is 0. The zero-order valence-corrected chi connectivity index (χ0v) is 16.5. The molecular formula is C21H29N3O4. The van der Waals surface area contributed by atoms with Gasteiger partial charge in [-0.15, -0.1) is 0 Å². The van der Waals surface area contributed by atoms with Gasteiger partial charge in [-0.1, -0.05) is 18.2 Å². The first kappa shape index (κ1) is 20.2. The summed E-state index contributed by atoms with van der Waals surface area (Å²) in [4.78, 5) is 28.9. The number of nitrogens with one attached hydrogen (secondary N) is 2. The van der Waals surface area contributed by atoms with Crippen molar-refractivity contribution < 1.29 is 19.4 Å². The number of nitrogens with zero attached hydrogens (tertiary/aromatic N) is 1. The number of esters is 1. The Bertz CT molecular complexity index is 824. The molecule has 0 bridgehead atoms. The minimum Gasteiger partial charge on any atom is -0.465 e. The van der Waals surface area contributed by atoms with Gasteiger partial charge < -0.3 is 25.0 Å². The number of piperidine rings is 1. The molecule has 0 radical (unpaired) electrons. The van der Waals surface area contributed by atoms with E-state index in [0.29, 0.717) is 13.0 Å². The van der Waals surface area contributed by atoms with Gasteiger partial charge in [-0.05, 0) is 57.8 Å². The maximum atomic E-state index is 12.2. The number of fused-ring (bicyclic) bond motifs is 1. The monoisotopic (exact) mass is 387 g/mol. The smallest absolute Gasteiger partial charge is 0.407 e. The predicted octanol–water partition coefficient (Wildman–Crippen LogP) is 2.94. The van der Waals surface area contributed by atoms with Crippen LogP contribution in [0, 0.1) is 0 Å². The Labute approximate surface area is 165 Å². The van der Waals surface area contributed by atoms with E-state index in [9.17, 15) is 14.7 Å². The summed E-state index contributed by atoms with van der Waals surface area (Å²) in [6.07, 6.45) is 1.32. The molecule has 0 atom stereocenters. The second-order valence-corrected chi connectivity index (χ2v) is 7.55. The number of hydrogen-bond donors (Lipinski definition) is 3. The molecule has 1 aromatic carbocycles. The van der Waals surface area contributed by atoms with Gasteiger partial charge in [-0.25, -0.2) is 4.79 Å². The summed E-state index contributed by atoms with van der Waals surface area (Å²) < 4.78 is 5.29. The summed E-state index contributed by atoms with van der Waals surface area (Å²) in [5.41, 5.74) is 2.76. The van der Waals surface area contributed by atoms with E-state index in [1.807, 2.05) is 38.1 Å². The highest BCUT2D eigenvalue weighted by Crippen LogP contribution is 2.25. The summed E-state index contributed by atoms with van der Waals surface area (Å²) >= 11 is 0. The van der Waals surface area contributed by atoms with Gasteiger partial charge in [0.15, 0.2) is 0 Å². The second kappa shape index (κ2) is 9.10. The number of ether oxygens (including phenoxy) is 1. The maximum Gasteiger partial charge on any atom is 0.407 e. The fourth-order valence-electron chi connectivity index (χ4n) is 3.93. The first-order valence-corrected chi connectivity index (χ1v) is 9.94. The average Bonchev–Trinajstić information content (AvgIpc) is 2.99. The van der Waals surface area contributed by atoms with Crippen LogP contribution in [-0.2, 0) is 22.4 Å². The molecule has 2 aromatic rings. The Balaban J connectivity index is 1.80. The van der Waals surface area contributed by atoms with Crippen LogP contribution in [0.25, 0.3) is 10.9 Å². The number of para-hydroxylation sites is 1. The minimum atomic E-state index is -0.882. The fourth-order valence-corrected chi connectivity index (χ4v) is 3.93. The van der Waals surface area contributed by atoms with Gasteiger partial charge in [0, 0.05) is 29.2 Å². The number of amides is 1. The zero-order valence-electron chi connectivity index (χ0n) is 16.5. The number of carbonyl (C=O) groups is 2. The summed E-state index contributed by atoms with van der Waals surface area (Å²) in [6, 6.07) is 7.92. The summed E-state index contributed by atoms with van der Waals surface area (Å²) in [5, 5.41) is 14.0. The number of aromatic amines is 1. The Hall–Kier alpha value is -2.54. The fraction of sp³-hybridized carbons (Fsp3) is 0.524. The quantitative estimate of drug-likeness (QED) is 0.635. The predicted molar refractivity (Wildman–Crippen MR) is 108 cm³/mol. The van der Waals surface area contributed by atoms with E-state index in [4.69, 9.17) is 4.74 Å². The van der Waals surface area contributed by atoms with Gasteiger partial charge >= 0.3 is 12.1 Å². The van der Waals surface area contributed by atoms with E-state index in [1.54, 1.807) is 4.90 Å². The van der Waals surface area contributed by atoms with E-state index in [-0.39, 0.29) is 24.5 Å². The Morgan fingerprint density at radius 3 is 2.64 bits per heavy atom. The zero-order chi connectivity index (χ0) is 20.1. The van der Waals surface area contributed by atoms with Crippen LogP contribution in [0.3, 0.4) is 0 Å². The SMILES string of the molecule is CC(C)OC(=O)Cc1[nH]c2ccccc2c1CCN(C(=O)O)C1CCNCC1. The van der Waals surface area contributed by atoms with Crippen molar-refractivity contribution in [3.63, 3.8) is 0 Å². The van der Waals surface area contributed by atoms with E-state index < -0.39 is 6.09 Å². The van der Waals surface area contributed by atoms with Crippen molar-refractivity contribution in [3.05, 3.63) is 35.5 Å². The molecule has 3 rings (SSSR count). The maximum absolute atomic E-state index is 12.2. The molecule has 1 aromatic heterocycles. The molecule has 0 saturated carbocycles. The number of aromatic nitrogens is 1. The van der Waals surface area contributed by atoms with Gasteiger partial charge in [-0.2, -0.15) is 0 Å². The van der Waals surface area contributed by atoms with Gasteiger partial charge in [0.2, 0.25) is 0 Å². The molecule has 1 fully saturated rings. The van der Waals surface area contributed by atoms with Crippen LogP contribution in [0.2, 0.25) is 0 Å². The third-order valence-electron chi connectivity index (χ3n) is 5.19. The molecule has 7 nitrogen and oxygen atoms in total. The van der Waals surface area contributed by atoms with Crippen LogP contribution < -0.4 is 5.32 Å². The molecule has 2 heterocycles. The molecule has 1 saturated heterocycles. The highest BCUT2D eigenvalue weighted by atomic mass is 16.5. The van der Waals surface area contributed by atoms with Crippen molar-refractivity contribution in [2.75, 3.05) is 19.6 Å². The lowest BCUT2D eigenvalue weighted by Crippen LogP contribution is -2.46. The third kappa shape index (κ3) is 4.84. The van der Waals surface area contributed by atoms with Crippen LogP contribution >= 0.6 is 0 Å². The van der Waals surface area contributed by atoms with Crippen LogP contribution in [0.15, 0.2) is 24.3 Å². The molecule has 1 aliphatic heterocycles. The third-order valence-corrected chi connectivity index (χ3v) is 5.19. The number of carbonyl (C=O) groups excluding carboxylic acids is 1. The van der Waals surface area contributed by atoms with E-state index >= 15 is 0 Å². The lowest BCUT2D eigenvalue weighted by molar-refractivity contribution is -0.146. The standard InChI is InChI=1S/C21H29N3O4/c1-14(2)28-20(25)13-19-17(16-5-3-4-6-18(16)23-19)9-12-24(21(26)27)15-7-10-22-11-8-15/h3-6,14-15,22-23H,7-13H2,1-2H3,(H,26,27). The Morgan fingerprint density at radius 1 is 1.25 bits per heavy atom. The number of hydrogen-bond acceptors (Lipinski definition) is 4. The highest BCUT2D eigenvalue weighted by Gasteiger charge is 2.25. The number of H-pyrrole nitrogens is 1. The first-order valence-electron chi connectivity index (χ1n) is 9.94. The van der Waals surface area contributed by atoms with Crippen molar-refractivity contribution in [1.29, 1.82) is 0 Å². The molecule has 1 aliphatic rings. The van der Waals surface area contributed by atoms with Crippen LogP contribution in [-0.4, -0.2) is 58.8 Å². The van der Waals surface area contributed by atoms with Crippen LogP contribution in [0.4, 0.5) is 4.79 Å². The lowest BCUT2D eigenvalue weighted by Gasteiger charge is -2.32. The largest absolute Gasteiger partial charge is 0.465 e. The van der Waals surface area contributed by atoms with E-state index in [0.717, 1.165) is 48.1 Å². The summed E-state index contributed by atoms with van der Waals surface area (Å²) in [6.45, 7) is 5.75. The topological polar surface area (TPSA) is 94.7 Å². The Kier molecular flexibility index (Phi) is 6.57. The molecular weight excluding hydrogens is 358 g/mol. The van der Waals surface area contributed by atoms with Crippen molar-refractivity contribution >= 4 is 23.0 Å². The molecule has 0 unspecified atom stereocenters. The van der Waals surface area contributed by atoms with Gasteiger partial charge in [0.05, 0.1) is 12.5 Å². The molecule has 3 N–H and O–H groups in total. The van der Waals surface area contributed by atoms with Crippen molar-refractivity contribution in [2.45, 2.75) is 51.7 Å². The Morgan fingerprint density at radius 2 is 1.96 bits per heavy atom. The molecule has 0 spiro atoms. The number of rotatable bonds is 7. The van der Waals surface area contributed by atoms with Gasteiger partial charge in [0.25, 0.3) is 0 Å². The average molecular weight is 387 g/mol. The van der Waals surface area contributed by atoms with Crippen LogP contribution in [0.5, 0.6) is 0 Å². The van der Waals surface area contributed by atoms with Crippen molar-refractivity contribution in [2.24, 2.45) is 0 Å². The molecule has 28 heavy (non-hydrogen) atoms. The van der Waals surface area contributed by atoms with E-state index in [2.05, 4.69) is 10.3 Å². The van der Waals surface area contributed by atoms with E-state index in [1.165, 1.54) is 0 Å². The number of carboxylic acid groups (broad SMARTS) is 1. The van der Waals surface area contributed by atoms with Gasteiger partial charge in [-0.3, -0.25) is 4.79 Å². The van der Waals surface area contributed by atoms with Gasteiger partial charge in [0.1, 0.15) is 0 Å². The molecule has 0 aliphatic carbocycles. The van der Waals surface area contributed by atoms with Crippen molar-refractivity contribution in [3.8, 4) is 0 Å². The molecule has 7 heteroatoms. The lowest BCUT2D eigenvalue weighted by atomic mass is 10.0. The normalized spacial score (nSPS) is 15.1. The van der Waals surface area contributed by atoms with Crippen molar-refractivity contribution in [1.82, 2.24) is 15.2 Å². The second-order valence-electron chi connectivity index (χ2n) is 7.55. The van der Waals surface area contributed by atoms with Crippen LogP contribution in [0.1, 0.15) is 37.9 Å². The molecule has 152 valence electrons. The first-order chi connectivity index (χ1) is 13.5. The number of benzene rings is 1.